The van der Waals surface area contributed by atoms with Crippen molar-refractivity contribution in [2.45, 2.75) is 26.3 Å². The van der Waals surface area contributed by atoms with Crippen molar-refractivity contribution in [2.24, 2.45) is 4.99 Å². The SMILES string of the molecule is CCNC(=NCc1ccc(C)cc1)NCC(C(=O)N1CCOCC1)c1ccccc1. The van der Waals surface area contributed by atoms with E-state index in [2.05, 4.69) is 41.8 Å². The molecule has 1 unspecified atom stereocenters. The van der Waals surface area contributed by atoms with Crippen LogP contribution in [0.2, 0.25) is 0 Å². The van der Waals surface area contributed by atoms with Crippen LogP contribution in [0.25, 0.3) is 0 Å². The number of hydrogen-bond donors (Lipinski definition) is 2. The molecule has 0 aliphatic carbocycles. The van der Waals surface area contributed by atoms with Gasteiger partial charge in [0.15, 0.2) is 5.96 Å². The molecule has 1 atom stereocenters. The van der Waals surface area contributed by atoms with Crippen molar-refractivity contribution in [2.75, 3.05) is 39.4 Å². The van der Waals surface area contributed by atoms with Crippen LogP contribution in [0.3, 0.4) is 0 Å². The van der Waals surface area contributed by atoms with Gasteiger partial charge in [0.05, 0.1) is 25.7 Å². The first-order valence-corrected chi connectivity index (χ1v) is 10.7. The first-order valence-electron chi connectivity index (χ1n) is 10.7. The summed E-state index contributed by atoms with van der Waals surface area (Å²) in [5.41, 5.74) is 3.40. The highest BCUT2D eigenvalue weighted by atomic mass is 16.5. The van der Waals surface area contributed by atoms with E-state index in [4.69, 9.17) is 9.73 Å². The molecule has 30 heavy (non-hydrogen) atoms. The van der Waals surface area contributed by atoms with Gasteiger partial charge < -0.3 is 20.3 Å². The maximum absolute atomic E-state index is 13.3. The summed E-state index contributed by atoms with van der Waals surface area (Å²) in [6, 6.07) is 18.3. The monoisotopic (exact) mass is 408 g/mol. The Hall–Kier alpha value is -2.86. The number of hydrogen-bond acceptors (Lipinski definition) is 3. The minimum atomic E-state index is -0.271. The van der Waals surface area contributed by atoms with Crippen molar-refractivity contribution in [3.8, 4) is 0 Å². The van der Waals surface area contributed by atoms with E-state index >= 15 is 0 Å². The fraction of sp³-hybridized carbons (Fsp3) is 0.417. The van der Waals surface area contributed by atoms with E-state index in [1.165, 1.54) is 5.56 Å². The van der Waals surface area contributed by atoms with Crippen LogP contribution >= 0.6 is 0 Å². The summed E-state index contributed by atoms with van der Waals surface area (Å²) in [6.07, 6.45) is 0. The lowest BCUT2D eigenvalue weighted by molar-refractivity contribution is -0.136. The fourth-order valence-corrected chi connectivity index (χ4v) is 3.44. The molecule has 160 valence electrons. The standard InChI is InChI=1S/C24H32N4O2/c1-3-25-24(26-17-20-11-9-19(2)10-12-20)27-18-22(21-7-5-4-6-8-21)23(29)28-13-15-30-16-14-28/h4-12,22H,3,13-18H2,1-2H3,(H2,25,26,27). The summed E-state index contributed by atoms with van der Waals surface area (Å²) in [5.74, 6) is 0.577. The molecule has 0 saturated carbocycles. The quantitative estimate of drug-likeness (QED) is 0.546. The predicted octanol–water partition coefficient (Wildman–Crippen LogP) is 2.69. The first kappa shape index (κ1) is 21.8. The number of guanidine groups is 1. The van der Waals surface area contributed by atoms with Gasteiger partial charge in [-0.1, -0.05) is 60.2 Å². The zero-order valence-corrected chi connectivity index (χ0v) is 17.9. The maximum Gasteiger partial charge on any atom is 0.232 e. The number of morpholine rings is 1. The predicted molar refractivity (Wildman–Crippen MR) is 121 cm³/mol. The zero-order valence-electron chi connectivity index (χ0n) is 17.9. The maximum atomic E-state index is 13.3. The van der Waals surface area contributed by atoms with Crippen molar-refractivity contribution in [3.05, 3.63) is 71.3 Å². The summed E-state index contributed by atoms with van der Waals surface area (Å²) in [5, 5.41) is 6.66. The lowest BCUT2D eigenvalue weighted by Gasteiger charge is -2.31. The lowest BCUT2D eigenvalue weighted by atomic mass is 9.97. The summed E-state index contributed by atoms with van der Waals surface area (Å²) >= 11 is 0. The first-order chi connectivity index (χ1) is 14.7. The average molecular weight is 409 g/mol. The number of rotatable bonds is 7. The van der Waals surface area contributed by atoms with Gasteiger partial charge >= 0.3 is 0 Å². The van der Waals surface area contributed by atoms with Crippen LogP contribution in [-0.2, 0) is 16.1 Å². The van der Waals surface area contributed by atoms with Gasteiger partial charge in [-0.15, -0.1) is 0 Å². The van der Waals surface area contributed by atoms with Crippen LogP contribution < -0.4 is 10.6 Å². The van der Waals surface area contributed by atoms with Crippen LogP contribution in [0.15, 0.2) is 59.6 Å². The van der Waals surface area contributed by atoms with Gasteiger partial charge in [0.25, 0.3) is 0 Å². The van der Waals surface area contributed by atoms with Gasteiger partial charge in [-0.2, -0.15) is 0 Å². The summed E-state index contributed by atoms with van der Waals surface area (Å²) in [7, 11) is 0. The van der Waals surface area contributed by atoms with Gasteiger partial charge in [-0.3, -0.25) is 4.79 Å². The third-order valence-electron chi connectivity index (χ3n) is 5.18. The van der Waals surface area contributed by atoms with Crippen molar-refractivity contribution in [1.82, 2.24) is 15.5 Å². The molecule has 2 aromatic carbocycles. The van der Waals surface area contributed by atoms with Crippen LogP contribution in [0.4, 0.5) is 0 Å². The second-order valence-electron chi connectivity index (χ2n) is 7.46. The number of nitrogens with zero attached hydrogens (tertiary/aromatic N) is 2. The number of aryl methyl sites for hydroxylation is 1. The van der Waals surface area contributed by atoms with Crippen molar-refractivity contribution < 1.29 is 9.53 Å². The molecular weight excluding hydrogens is 376 g/mol. The molecule has 0 spiro atoms. The number of carbonyl (C=O) groups is 1. The van der Waals surface area contributed by atoms with Crippen LogP contribution in [0.5, 0.6) is 0 Å². The summed E-state index contributed by atoms with van der Waals surface area (Å²) in [4.78, 5) is 19.9. The molecule has 0 radical (unpaired) electrons. The van der Waals surface area contributed by atoms with E-state index < -0.39 is 0 Å². The van der Waals surface area contributed by atoms with Crippen LogP contribution in [0.1, 0.15) is 29.5 Å². The molecule has 6 nitrogen and oxygen atoms in total. The van der Waals surface area contributed by atoms with E-state index in [-0.39, 0.29) is 11.8 Å². The minimum absolute atomic E-state index is 0.131. The Morgan fingerprint density at radius 1 is 1.07 bits per heavy atom. The largest absolute Gasteiger partial charge is 0.378 e. The molecule has 1 fully saturated rings. The van der Waals surface area contributed by atoms with Gasteiger partial charge in [-0.25, -0.2) is 4.99 Å². The Bertz CT molecular complexity index is 815. The normalized spacial score (nSPS) is 15.5. The Kier molecular flexibility index (Phi) is 8.27. The van der Waals surface area contributed by atoms with Crippen molar-refractivity contribution in [1.29, 1.82) is 0 Å². The van der Waals surface area contributed by atoms with Gasteiger partial charge in [0, 0.05) is 26.2 Å². The lowest BCUT2D eigenvalue weighted by Crippen LogP contribution is -2.47. The van der Waals surface area contributed by atoms with E-state index in [0.717, 1.165) is 17.7 Å². The molecule has 6 heteroatoms. The Labute approximate surface area is 179 Å². The van der Waals surface area contributed by atoms with E-state index in [1.54, 1.807) is 0 Å². The topological polar surface area (TPSA) is 66.0 Å². The Morgan fingerprint density at radius 3 is 2.43 bits per heavy atom. The molecule has 2 aromatic rings. The van der Waals surface area contributed by atoms with Crippen molar-refractivity contribution >= 4 is 11.9 Å². The third-order valence-corrected chi connectivity index (χ3v) is 5.18. The average Bonchev–Trinajstić information content (AvgIpc) is 2.79. The number of amides is 1. The molecule has 1 amide bonds. The zero-order chi connectivity index (χ0) is 21.2. The highest BCUT2D eigenvalue weighted by Gasteiger charge is 2.27. The number of nitrogens with one attached hydrogen (secondary N) is 2. The second-order valence-corrected chi connectivity index (χ2v) is 7.46. The highest BCUT2D eigenvalue weighted by molar-refractivity contribution is 5.86. The van der Waals surface area contributed by atoms with Crippen molar-refractivity contribution in [3.63, 3.8) is 0 Å². The fourth-order valence-electron chi connectivity index (χ4n) is 3.44. The number of aliphatic imine (C=N–C) groups is 1. The second kappa shape index (κ2) is 11.4. The third kappa shape index (κ3) is 6.32. The van der Waals surface area contributed by atoms with Crippen LogP contribution in [0, 0.1) is 6.92 Å². The van der Waals surface area contributed by atoms with Gasteiger partial charge in [0.1, 0.15) is 0 Å². The van der Waals surface area contributed by atoms with Crippen LogP contribution in [-0.4, -0.2) is 56.2 Å². The summed E-state index contributed by atoms with van der Waals surface area (Å²) in [6.45, 7) is 8.43. The number of ether oxygens (including phenoxy) is 1. The number of benzene rings is 2. The molecule has 2 N–H and O–H groups in total. The molecule has 1 aliphatic heterocycles. The Balaban J connectivity index is 1.70. The molecule has 1 heterocycles. The molecule has 1 saturated heterocycles. The highest BCUT2D eigenvalue weighted by Crippen LogP contribution is 2.19. The van der Waals surface area contributed by atoms with E-state index in [9.17, 15) is 4.79 Å². The molecule has 0 aromatic heterocycles. The van der Waals surface area contributed by atoms with Gasteiger partial charge in [-0.05, 0) is 25.0 Å². The molecule has 1 aliphatic rings. The molecule has 3 rings (SSSR count). The number of carbonyl (C=O) groups excluding carboxylic acids is 1. The van der Waals surface area contributed by atoms with E-state index in [0.29, 0.717) is 45.4 Å². The summed E-state index contributed by atoms with van der Waals surface area (Å²) < 4.78 is 5.41. The molecule has 0 bridgehead atoms. The van der Waals surface area contributed by atoms with E-state index in [1.807, 2.05) is 42.2 Å². The minimum Gasteiger partial charge on any atom is -0.378 e. The smallest absolute Gasteiger partial charge is 0.232 e. The molecular formula is C24H32N4O2. The van der Waals surface area contributed by atoms with Gasteiger partial charge in [0.2, 0.25) is 5.91 Å². The Morgan fingerprint density at radius 2 is 1.77 bits per heavy atom.